The summed E-state index contributed by atoms with van der Waals surface area (Å²) in [5.74, 6) is 1.36. The fourth-order valence-corrected chi connectivity index (χ4v) is 4.24. The molecule has 0 aliphatic carbocycles. The molecule has 2 saturated heterocycles. The van der Waals surface area contributed by atoms with Crippen LogP contribution in [0.15, 0.2) is 12.1 Å². The third-order valence-corrected chi connectivity index (χ3v) is 5.69. The molecule has 2 atom stereocenters. The second-order valence-corrected chi connectivity index (χ2v) is 8.19. The van der Waals surface area contributed by atoms with Gasteiger partial charge in [0, 0.05) is 36.3 Å². The van der Waals surface area contributed by atoms with Gasteiger partial charge in [0.2, 0.25) is 0 Å². The van der Waals surface area contributed by atoms with E-state index in [2.05, 4.69) is 4.90 Å². The van der Waals surface area contributed by atoms with Gasteiger partial charge >= 0.3 is 0 Å². The van der Waals surface area contributed by atoms with Crippen molar-refractivity contribution >= 4 is 11.6 Å². The summed E-state index contributed by atoms with van der Waals surface area (Å²) >= 11 is 6.27. The molecule has 2 aliphatic heterocycles. The van der Waals surface area contributed by atoms with E-state index >= 15 is 0 Å². The molecule has 3 rings (SSSR count). The minimum atomic E-state index is -0.820. The van der Waals surface area contributed by atoms with E-state index in [0.29, 0.717) is 43.2 Å². The number of aliphatic hydroxyl groups excluding tert-OH is 2. The largest absolute Gasteiger partial charge is 0.493 e. The van der Waals surface area contributed by atoms with Crippen LogP contribution in [0.25, 0.3) is 0 Å². The van der Waals surface area contributed by atoms with Crippen LogP contribution in [0, 0.1) is 0 Å². The highest BCUT2D eigenvalue weighted by Crippen LogP contribution is 2.39. The first-order chi connectivity index (χ1) is 12.8. The lowest BCUT2D eigenvalue weighted by atomic mass is 9.80. The van der Waals surface area contributed by atoms with Crippen LogP contribution in [0.5, 0.6) is 11.5 Å². The number of aliphatic hydroxyl groups is 2. The highest BCUT2D eigenvalue weighted by atomic mass is 35.5. The molecule has 7 heteroatoms. The smallest absolute Gasteiger partial charge is 0.166 e. The lowest BCUT2D eigenvalue weighted by Gasteiger charge is -2.48. The van der Waals surface area contributed by atoms with E-state index in [4.69, 9.17) is 25.8 Å². The van der Waals surface area contributed by atoms with Gasteiger partial charge in [0.15, 0.2) is 11.5 Å². The summed E-state index contributed by atoms with van der Waals surface area (Å²) in [6, 6.07) is 3.68. The Labute approximate surface area is 166 Å². The normalized spacial score (nSPS) is 25.7. The van der Waals surface area contributed by atoms with E-state index in [0.717, 1.165) is 24.4 Å². The Bertz CT molecular complexity index is 646. The van der Waals surface area contributed by atoms with Crippen LogP contribution in [-0.4, -0.2) is 65.8 Å². The molecule has 0 bridgehead atoms. The van der Waals surface area contributed by atoms with Crippen molar-refractivity contribution in [3.8, 4) is 11.5 Å². The van der Waals surface area contributed by atoms with E-state index in [1.165, 1.54) is 0 Å². The first kappa shape index (κ1) is 20.7. The first-order valence-corrected chi connectivity index (χ1v) is 9.98. The summed E-state index contributed by atoms with van der Waals surface area (Å²) in [6.07, 6.45) is 0.362. The number of hydrogen-bond donors (Lipinski definition) is 2. The maximum absolute atomic E-state index is 10.4. The zero-order valence-corrected chi connectivity index (χ0v) is 17.0. The van der Waals surface area contributed by atoms with Crippen LogP contribution in [0.2, 0.25) is 5.02 Å². The summed E-state index contributed by atoms with van der Waals surface area (Å²) in [4.78, 5) is 2.29. The number of nitrogens with zero attached hydrogens (tertiary/aromatic N) is 1. The molecule has 1 spiro atoms. The van der Waals surface area contributed by atoms with Crippen LogP contribution in [-0.2, 0) is 11.3 Å². The molecule has 2 fully saturated rings. The Kier molecular flexibility index (Phi) is 6.54. The van der Waals surface area contributed by atoms with Crippen LogP contribution in [0.3, 0.4) is 0 Å². The molecule has 1 aromatic carbocycles. The predicted octanol–water partition coefficient (Wildman–Crippen LogP) is 2.61. The van der Waals surface area contributed by atoms with Crippen molar-refractivity contribution < 1.29 is 24.4 Å². The van der Waals surface area contributed by atoms with Crippen LogP contribution < -0.4 is 9.47 Å². The molecule has 2 heterocycles. The van der Waals surface area contributed by atoms with E-state index in [1.807, 2.05) is 19.9 Å². The molecule has 2 aliphatic rings. The van der Waals surface area contributed by atoms with Gasteiger partial charge in [0.05, 0.1) is 31.5 Å². The van der Waals surface area contributed by atoms with Gasteiger partial charge in [-0.25, -0.2) is 0 Å². The monoisotopic (exact) mass is 399 g/mol. The second-order valence-electron chi connectivity index (χ2n) is 7.75. The van der Waals surface area contributed by atoms with Gasteiger partial charge in [-0.15, -0.1) is 0 Å². The van der Waals surface area contributed by atoms with Gasteiger partial charge in [-0.2, -0.15) is 0 Å². The quantitative estimate of drug-likeness (QED) is 0.793. The third-order valence-electron chi connectivity index (χ3n) is 5.47. The van der Waals surface area contributed by atoms with Gasteiger partial charge in [0.1, 0.15) is 6.10 Å². The van der Waals surface area contributed by atoms with E-state index in [9.17, 15) is 10.2 Å². The van der Waals surface area contributed by atoms with Crippen molar-refractivity contribution in [2.75, 3.05) is 26.8 Å². The molecule has 0 aromatic heterocycles. The number of ether oxygens (including phenoxy) is 3. The molecule has 0 radical (unpaired) electrons. The highest BCUT2D eigenvalue weighted by molar-refractivity contribution is 6.30. The average molecular weight is 400 g/mol. The van der Waals surface area contributed by atoms with E-state index < -0.39 is 17.8 Å². The van der Waals surface area contributed by atoms with Gasteiger partial charge in [-0.05, 0) is 39.2 Å². The SMILES string of the molecule is COc1cc(Cl)cc(CN2CCC3(CC2)OCC[C@H](O)[C@@H]3O)c1OC(C)C. The zero-order valence-electron chi connectivity index (χ0n) is 16.3. The van der Waals surface area contributed by atoms with Gasteiger partial charge in [0.25, 0.3) is 0 Å². The fourth-order valence-electron chi connectivity index (χ4n) is 4.01. The Hall–Kier alpha value is -1.05. The zero-order chi connectivity index (χ0) is 19.6. The lowest BCUT2D eigenvalue weighted by molar-refractivity contribution is -0.214. The van der Waals surface area contributed by atoms with Crippen LogP contribution in [0.1, 0.15) is 38.7 Å². The van der Waals surface area contributed by atoms with Crippen molar-refractivity contribution in [3.63, 3.8) is 0 Å². The Morgan fingerprint density at radius 2 is 2.00 bits per heavy atom. The van der Waals surface area contributed by atoms with Crippen molar-refractivity contribution in [2.45, 2.75) is 63.6 Å². The fraction of sp³-hybridized carbons (Fsp3) is 0.700. The molecule has 27 heavy (non-hydrogen) atoms. The topological polar surface area (TPSA) is 71.4 Å². The van der Waals surface area contributed by atoms with E-state index in [-0.39, 0.29) is 6.10 Å². The van der Waals surface area contributed by atoms with Crippen molar-refractivity contribution in [2.24, 2.45) is 0 Å². The minimum Gasteiger partial charge on any atom is -0.493 e. The van der Waals surface area contributed by atoms with E-state index in [1.54, 1.807) is 13.2 Å². The summed E-state index contributed by atoms with van der Waals surface area (Å²) in [5.41, 5.74) is 0.353. The first-order valence-electron chi connectivity index (χ1n) is 9.60. The number of likely N-dealkylation sites (tertiary alicyclic amines) is 1. The van der Waals surface area contributed by atoms with Crippen LogP contribution in [0.4, 0.5) is 0 Å². The average Bonchev–Trinajstić information content (AvgIpc) is 2.63. The van der Waals surface area contributed by atoms with Crippen molar-refractivity contribution in [3.05, 3.63) is 22.7 Å². The number of methoxy groups -OCH3 is 1. The van der Waals surface area contributed by atoms with Crippen molar-refractivity contribution in [1.29, 1.82) is 0 Å². The molecule has 0 saturated carbocycles. The van der Waals surface area contributed by atoms with Crippen molar-refractivity contribution in [1.82, 2.24) is 4.90 Å². The minimum absolute atomic E-state index is 0.0238. The van der Waals surface area contributed by atoms with Gasteiger partial charge in [-0.3, -0.25) is 4.90 Å². The summed E-state index contributed by atoms with van der Waals surface area (Å²) in [7, 11) is 1.61. The number of rotatable bonds is 5. The van der Waals surface area contributed by atoms with Gasteiger partial charge in [-0.1, -0.05) is 11.6 Å². The summed E-state index contributed by atoms with van der Waals surface area (Å²) in [5, 5.41) is 21.1. The standard InChI is InChI=1S/C20H30ClNO5/c1-13(2)27-18-14(10-15(21)11-17(18)25-3)12-22-7-5-20(6-8-22)19(24)16(23)4-9-26-20/h10-11,13,16,19,23-24H,4-9,12H2,1-3H3/t16-,19-/m0/s1. The molecule has 1 aromatic rings. The van der Waals surface area contributed by atoms with Gasteiger partial charge < -0.3 is 24.4 Å². The maximum Gasteiger partial charge on any atom is 0.166 e. The lowest BCUT2D eigenvalue weighted by Crippen LogP contribution is -2.59. The molecular formula is C20H30ClNO5. The molecule has 2 N–H and O–H groups in total. The Balaban J connectivity index is 1.72. The number of piperidine rings is 1. The molecular weight excluding hydrogens is 370 g/mol. The molecule has 6 nitrogen and oxygen atoms in total. The van der Waals surface area contributed by atoms with Crippen LogP contribution >= 0.6 is 11.6 Å². The Morgan fingerprint density at radius 1 is 1.30 bits per heavy atom. The molecule has 0 amide bonds. The third kappa shape index (κ3) is 4.51. The predicted molar refractivity (Wildman–Crippen MR) is 104 cm³/mol. The summed E-state index contributed by atoms with van der Waals surface area (Å²) < 4.78 is 17.4. The Morgan fingerprint density at radius 3 is 2.63 bits per heavy atom. The second kappa shape index (κ2) is 8.53. The maximum atomic E-state index is 10.4. The summed E-state index contributed by atoms with van der Waals surface area (Å²) in [6.45, 7) is 6.66. The highest BCUT2D eigenvalue weighted by Gasteiger charge is 2.47. The molecule has 152 valence electrons. The number of halogens is 1. The number of benzene rings is 1. The molecule has 0 unspecified atom stereocenters. The number of hydrogen-bond acceptors (Lipinski definition) is 6.